The molecule has 3 amide bonds. The minimum absolute atomic E-state index is 0.112. The van der Waals surface area contributed by atoms with Crippen LogP contribution in [-0.2, 0) is 6.54 Å². The van der Waals surface area contributed by atoms with Crippen LogP contribution in [0.4, 0.5) is 26.7 Å². The maximum absolute atomic E-state index is 13.9. The SMILES string of the molecule is O=C(NC(c1cn2ncc(CN3C[C@@H](C(F)(F)F)NC3=O)cc2n1)C1CCC(F)(F)CC1)c1conc1C1CC1. The lowest BCUT2D eigenvalue weighted by molar-refractivity contribution is -0.149. The number of carbonyl (C=O) groups is 2. The fourth-order valence-electron chi connectivity index (χ4n) is 5.42. The Morgan fingerprint density at radius 1 is 1.23 bits per heavy atom. The van der Waals surface area contributed by atoms with E-state index in [4.69, 9.17) is 4.52 Å². The molecule has 2 saturated carbocycles. The van der Waals surface area contributed by atoms with Gasteiger partial charge in [-0.25, -0.2) is 23.1 Å². The maximum Gasteiger partial charge on any atom is 0.410 e. The third kappa shape index (κ3) is 5.32. The Bertz CT molecular complexity index is 1420. The minimum Gasteiger partial charge on any atom is -0.364 e. The number of rotatable bonds is 7. The molecule has 1 unspecified atom stereocenters. The fourth-order valence-corrected chi connectivity index (χ4v) is 5.42. The number of hydrogen-bond acceptors (Lipinski definition) is 6. The zero-order valence-electron chi connectivity index (χ0n) is 21.1. The van der Waals surface area contributed by atoms with Gasteiger partial charge in [0.05, 0.1) is 36.4 Å². The number of aromatic nitrogens is 4. The summed E-state index contributed by atoms with van der Waals surface area (Å²) in [6.45, 7) is -0.640. The fraction of sp³-hybridized carbons (Fsp3) is 0.560. The summed E-state index contributed by atoms with van der Waals surface area (Å²) in [6, 6.07) is -1.90. The van der Waals surface area contributed by atoms with Gasteiger partial charge in [0, 0.05) is 25.3 Å². The molecule has 2 N–H and O–H groups in total. The normalized spacial score (nSPS) is 22.5. The Morgan fingerprint density at radius 2 is 1.98 bits per heavy atom. The summed E-state index contributed by atoms with van der Waals surface area (Å²) >= 11 is 0. The van der Waals surface area contributed by atoms with Crippen molar-refractivity contribution in [2.45, 2.75) is 75.2 Å². The number of fused-ring (bicyclic) bond motifs is 1. The zero-order valence-corrected chi connectivity index (χ0v) is 21.1. The average molecular weight is 568 g/mol. The van der Waals surface area contributed by atoms with Crippen molar-refractivity contribution in [3.63, 3.8) is 0 Å². The van der Waals surface area contributed by atoms with Gasteiger partial charge >= 0.3 is 12.2 Å². The summed E-state index contributed by atoms with van der Waals surface area (Å²) in [7, 11) is 0. The van der Waals surface area contributed by atoms with Gasteiger partial charge in [-0.1, -0.05) is 5.16 Å². The third-order valence-corrected chi connectivity index (χ3v) is 7.80. The first-order valence-electron chi connectivity index (χ1n) is 13.1. The molecule has 3 aromatic heterocycles. The van der Waals surface area contributed by atoms with Gasteiger partial charge in [0.1, 0.15) is 17.9 Å². The van der Waals surface area contributed by atoms with Crippen molar-refractivity contribution in [1.82, 2.24) is 35.3 Å². The summed E-state index contributed by atoms with van der Waals surface area (Å²) in [5.74, 6) is -3.35. The van der Waals surface area contributed by atoms with E-state index in [0.717, 1.165) is 17.7 Å². The first-order chi connectivity index (χ1) is 19.0. The molecule has 0 bridgehead atoms. The number of nitrogens with zero attached hydrogens (tertiary/aromatic N) is 5. The number of halogens is 5. The Kier molecular flexibility index (Phi) is 6.41. The van der Waals surface area contributed by atoms with E-state index in [1.165, 1.54) is 17.0 Å². The number of hydrogen-bond donors (Lipinski definition) is 2. The molecule has 2 aliphatic carbocycles. The van der Waals surface area contributed by atoms with E-state index < -0.39 is 42.7 Å². The monoisotopic (exact) mass is 567 g/mol. The first kappa shape index (κ1) is 26.4. The number of carbonyl (C=O) groups excluding carboxylic acids is 2. The van der Waals surface area contributed by atoms with Crippen LogP contribution >= 0.6 is 0 Å². The average Bonchev–Trinajstić information content (AvgIpc) is 3.28. The number of alkyl halides is 5. The van der Waals surface area contributed by atoms with E-state index >= 15 is 0 Å². The molecular weight excluding hydrogens is 541 g/mol. The molecule has 1 aliphatic heterocycles. The molecule has 214 valence electrons. The lowest BCUT2D eigenvalue weighted by atomic mass is 9.81. The minimum atomic E-state index is -4.56. The van der Waals surface area contributed by atoms with Crippen molar-refractivity contribution < 1.29 is 36.1 Å². The molecule has 6 rings (SSSR count). The molecular formula is C25H26F5N7O3. The van der Waals surface area contributed by atoms with E-state index in [9.17, 15) is 31.5 Å². The van der Waals surface area contributed by atoms with E-state index in [1.54, 1.807) is 12.3 Å². The largest absolute Gasteiger partial charge is 0.410 e. The molecule has 2 atom stereocenters. The van der Waals surface area contributed by atoms with Crippen molar-refractivity contribution in [1.29, 1.82) is 0 Å². The van der Waals surface area contributed by atoms with E-state index in [2.05, 4.69) is 20.6 Å². The van der Waals surface area contributed by atoms with Crippen LogP contribution in [0.25, 0.3) is 5.65 Å². The molecule has 10 nitrogen and oxygen atoms in total. The molecule has 0 spiro atoms. The standard InChI is InChI=1S/C25H26F5N7O3/c26-24(27)5-3-15(4-6-24)21(34-22(38)16-12-40-35-20(16)14-1-2-14)17-10-37-19(32-17)7-13(8-31-37)9-36-11-18(25(28,29)30)33-23(36)39/h7-8,10,12,14-15,18,21H,1-6,9,11H2,(H,33,39)(H,34,38)/t18-,21?/m0/s1. The highest BCUT2D eigenvalue weighted by atomic mass is 19.4. The summed E-state index contributed by atoms with van der Waals surface area (Å²) in [4.78, 5) is 31.0. The molecule has 15 heteroatoms. The highest BCUT2D eigenvalue weighted by Crippen LogP contribution is 2.43. The molecule has 40 heavy (non-hydrogen) atoms. The van der Waals surface area contributed by atoms with Gasteiger partial charge < -0.3 is 20.1 Å². The van der Waals surface area contributed by atoms with Gasteiger partial charge in [-0.3, -0.25) is 4.79 Å². The lowest BCUT2D eigenvalue weighted by Crippen LogP contribution is -2.40. The number of nitrogens with one attached hydrogen (secondary N) is 2. The Morgan fingerprint density at radius 3 is 2.65 bits per heavy atom. The van der Waals surface area contributed by atoms with Crippen LogP contribution in [0.3, 0.4) is 0 Å². The second kappa shape index (κ2) is 9.70. The molecule has 3 aromatic rings. The van der Waals surface area contributed by atoms with Crippen molar-refractivity contribution in [3.8, 4) is 0 Å². The van der Waals surface area contributed by atoms with Crippen molar-refractivity contribution in [2.24, 2.45) is 5.92 Å². The van der Waals surface area contributed by atoms with E-state index in [0.29, 0.717) is 28.2 Å². The molecule has 0 aromatic carbocycles. The second-order valence-corrected chi connectivity index (χ2v) is 10.8. The van der Waals surface area contributed by atoms with Crippen LogP contribution in [0, 0.1) is 5.92 Å². The molecule has 4 heterocycles. The Balaban J connectivity index is 1.24. The van der Waals surface area contributed by atoms with Gasteiger partial charge in [-0.15, -0.1) is 0 Å². The van der Waals surface area contributed by atoms with Crippen LogP contribution in [0.2, 0.25) is 0 Å². The van der Waals surface area contributed by atoms with Gasteiger partial charge in [-0.05, 0) is 43.2 Å². The summed E-state index contributed by atoms with van der Waals surface area (Å²) in [5.41, 5.74) is 2.08. The molecule has 1 saturated heterocycles. The number of urea groups is 1. The highest BCUT2D eigenvalue weighted by Gasteiger charge is 2.47. The van der Waals surface area contributed by atoms with Crippen molar-refractivity contribution in [3.05, 3.63) is 47.2 Å². The summed E-state index contributed by atoms with van der Waals surface area (Å²) in [5, 5.41) is 13.1. The topological polar surface area (TPSA) is 118 Å². The molecule has 3 aliphatic rings. The van der Waals surface area contributed by atoms with Crippen LogP contribution in [0.15, 0.2) is 29.2 Å². The first-order valence-corrected chi connectivity index (χ1v) is 13.1. The van der Waals surface area contributed by atoms with Gasteiger partial charge in [0.25, 0.3) is 5.91 Å². The van der Waals surface area contributed by atoms with Crippen LogP contribution in [-0.4, -0.2) is 61.3 Å². The van der Waals surface area contributed by atoms with Crippen molar-refractivity contribution in [2.75, 3.05) is 6.54 Å². The number of imidazole rings is 1. The van der Waals surface area contributed by atoms with Gasteiger partial charge in [0.2, 0.25) is 5.92 Å². The Labute approximate surface area is 224 Å². The van der Waals surface area contributed by atoms with E-state index in [1.807, 2.05) is 5.32 Å². The van der Waals surface area contributed by atoms with E-state index in [-0.39, 0.29) is 44.1 Å². The second-order valence-electron chi connectivity index (χ2n) is 10.8. The van der Waals surface area contributed by atoms with Gasteiger partial charge in [-0.2, -0.15) is 18.3 Å². The van der Waals surface area contributed by atoms with Crippen molar-refractivity contribution >= 4 is 17.6 Å². The smallest absolute Gasteiger partial charge is 0.364 e. The van der Waals surface area contributed by atoms with Gasteiger partial charge in [0.15, 0.2) is 5.65 Å². The zero-order chi connectivity index (χ0) is 28.2. The molecule has 3 fully saturated rings. The lowest BCUT2D eigenvalue weighted by Gasteiger charge is -2.33. The predicted octanol–water partition coefficient (Wildman–Crippen LogP) is 4.35. The van der Waals surface area contributed by atoms with Crippen LogP contribution in [0.1, 0.15) is 77.8 Å². The maximum atomic E-state index is 13.9. The van der Waals surface area contributed by atoms with Crippen LogP contribution in [0.5, 0.6) is 0 Å². The highest BCUT2D eigenvalue weighted by molar-refractivity contribution is 5.95. The number of amides is 3. The van der Waals surface area contributed by atoms with Crippen LogP contribution < -0.4 is 10.6 Å². The predicted molar refractivity (Wildman–Crippen MR) is 127 cm³/mol. The summed E-state index contributed by atoms with van der Waals surface area (Å²) < 4.78 is 73.4. The Hall–Kier alpha value is -3.78. The quantitative estimate of drug-likeness (QED) is 0.410. The summed E-state index contributed by atoms with van der Waals surface area (Å²) in [6.07, 6.45) is 1.28. The third-order valence-electron chi connectivity index (χ3n) is 7.80. The molecule has 0 radical (unpaired) electrons.